The molecule has 2 fully saturated rings. The van der Waals surface area contributed by atoms with Crippen LogP contribution in [-0.2, 0) is 27.0 Å². The van der Waals surface area contributed by atoms with Crippen LogP contribution in [-0.4, -0.2) is 35.0 Å². The van der Waals surface area contributed by atoms with Gasteiger partial charge in [-0.1, -0.05) is 24.3 Å². The lowest BCUT2D eigenvalue weighted by Crippen LogP contribution is -2.44. The highest BCUT2D eigenvalue weighted by Crippen LogP contribution is 2.52. The van der Waals surface area contributed by atoms with Crippen LogP contribution in [0.5, 0.6) is 0 Å². The van der Waals surface area contributed by atoms with Gasteiger partial charge < -0.3 is 15.0 Å². The van der Waals surface area contributed by atoms with E-state index < -0.39 is 41.2 Å². The van der Waals surface area contributed by atoms with Gasteiger partial charge in [0, 0.05) is 11.9 Å². The maximum atomic E-state index is 13.3. The van der Waals surface area contributed by atoms with Gasteiger partial charge in [-0.05, 0) is 30.3 Å². The quantitative estimate of drug-likeness (QED) is 0.759. The average molecular weight is 429 g/mol. The number of carbonyl (C=O) groups is 2. The number of alkyl halides is 3. The summed E-state index contributed by atoms with van der Waals surface area (Å²) in [6.07, 6.45) is 0.0745. The molecule has 6 nitrogen and oxygen atoms in total. The van der Waals surface area contributed by atoms with Crippen molar-refractivity contribution >= 4 is 17.5 Å². The Morgan fingerprint density at radius 1 is 1.26 bits per heavy atom. The van der Waals surface area contributed by atoms with Gasteiger partial charge in [-0.15, -0.1) is 0 Å². The van der Waals surface area contributed by atoms with E-state index in [1.807, 2.05) is 0 Å². The van der Waals surface area contributed by atoms with Crippen LogP contribution in [0.15, 0.2) is 60.8 Å². The molecule has 5 rings (SSSR count). The molecule has 4 atom stereocenters. The van der Waals surface area contributed by atoms with Crippen LogP contribution in [0.3, 0.4) is 0 Å². The van der Waals surface area contributed by atoms with Crippen LogP contribution in [0.1, 0.15) is 11.3 Å². The smallest absolute Gasteiger partial charge is 0.360 e. The average Bonchev–Trinajstić information content (AvgIpc) is 3.40. The lowest BCUT2D eigenvalue weighted by molar-refractivity contribution is -0.137. The van der Waals surface area contributed by atoms with Gasteiger partial charge in [-0.3, -0.25) is 14.6 Å². The topological polar surface area (TPSA) is 71.5 Å². The number of benzene rings is 1. The number of ether oxygens (including phenoxy) is 1. The first-order chi connectivity index (χ1) is 14.8. The van der Waals surface area contributed by atoms with Crippen molar-refractivity contribution in [2.24, 2.45) is 11.8 Å². The monoisotopic (exact) mass is 429 g/mol. The number of nitrogens with zero attached hydrogens (tertiary/aromatic N) is 2. The molecule has 1 aromatic carbocycles. The molecule has 31 heavy (non-hydrogen) atoms. The SMILES string of the molecule is O=C(NCc1ccccn1)C1C2C(=O)N(c3cccc(C(F)(F)F)c3)C[C@]23C=C[C@H]1O3. The first kappa shape index (κ1) is 19.7. The Hall–Kier alpha value is -3.20. The van der Waals surface area contributed by atoms with E-state index in [0.29, 0.717) is 5.69 Å². The zero-order valence-corrected chi connectivity index (χ0v) is 16.2. The van der Waals surface area contributed by atoms with Gasteiger partial charge in [0.2, 0.25) is 11.8 Å². The number of hydrogen-bond donors (Lipinski definition) is 1. The van der Waals surface area contributed by atoms with Crippen LogP contribution < -0.4 is 10.2 Å². The third-order valence-corrected chi connectivity index (χ3v) is 6.06. The molecule has 9 heteroatoms. The van der Waals surface area contributed by atoms with Crippen molar-refractivity contribution in [1.29, 1.82) is 0 Å². The number of aromatic nitrogens is 1. The van der Waals surface area contributed by atoms with E-state index in [1.165, 1.54) is 17.0 Å². The minimum absolute atomic E-state index is 0.0643. The predicted molar refractivity (Wildman–Crippen MR) is 104 cm³/mol. The first-order valence-electron chi connectivity index (χ1n) is 9.82. The molecular formula is C22H18F3N3O3. The second-order valence-corrected chi connectivity index (χ2v) is 7.91. The Morgan fingerprint density at radius 2 is 2.10 bits per heavy atom. The number of nitrogens with one attached hydrogen (secondary N) is 1. The molecule has 2 aromatic rings. The third-order valence-electron chi connectivity index (χ3n) is 6.06. The normalized spacial score (nSPS) is 28.8. The molecule has 3 aliphatic heterocycles. The summed E-state index contributed by atoms with van der Waals surface area (Å²) in [5, 5.41) is 2.80. The maximum absolute atomic E-state index is 13.3. The molecule has 160 valence electrons. The number of pyridine rings is 1. The minimum atomic E-state index is -4.52. The van der Waals surface area contributed by atoms with Gasteiger partial charge in [-0.2, -0.15) is 13.2 Å². The number of carbonyl (C=O) groups excluding carboxylic acids is 2. The number of amides is 2. The van der Waals surface area contributed by atoms with Crippen LogP contribution in [0.4, 0.5) is 18.9 Å². The first-order valence-corrected chi connectivity index (χ1v) is 9.82. The molecule has 1 spiro atoms. The fourth-order valence-corrected chi connectivity index (χ4v) is 4.66. The highest BCUT2D eigenvalue weighted by molar-refractivity contribution is 6.03. The van der Waals surface area contributed by atoms with Crippen molar-refractivity contribution in [3.8, 4) is 0 Å². The zero-order chi connectivity index (χ0) is 21.8. The Labute approximate surface area is 175 Å². The van der Waals surface area contributed by atoms with E-state index in [4.69, 9.17) is 4.74 Å². The standard InChI is InChI=1S/C22H18F3N3O3/c23-22(24,25)13-4-3-6-15(10-13)28-12-21-8-7-16(31-21)17(18(21)20(28)30)19(29)27-11-14-5-1-2-9-26-14/h1-10,16-18H,11-12H2,(H,27,29)/t16-,17?,18?,21-/m1/s1. The van der Waals surface area contributed by atoms with Gasteiger partial charge in [0.1, 0.15) is 5.60 Å². The van der Waals surface area contributed by atoms with Crippen LogP contribution in [0.25, 0.3) is 0 Å². The van der Waals surface area contributed by atoms with Gasteiger partial charge in [-0.25, -0.2) is 0 Å². The third kappa shape index (κ3) is 3.20. The maximum Gasteiger partial charge on any atom is 0.416 e. The number of fused-ring (bicyclic) bond motifs is 1. The summed E-state index contributed by atoms with van der Waals surface area (Å²) in [5.74, 6) is -2.30. The molecule has 0 saturated carbocycles. The minimum Gasteiger partial charge on any atom is -0.360 e. The van der Waals surface area contributed by atoms with Crippen molar-refractivity contribution < 1.29 is 27.5 Å². The highest BCUT2D eigenvalue weighted by Gasteiger charge is 2.67. The summed E-state index contributed by atoms with van der Waals surface area (Å²) in [6.45, 7) is 0.271. The Kier molecular flexibility index (Phi) is 4.40. The fraction of sp³-hybridized carbons (Fsp3) is 0.318. The zero-order valence-electron chi connectivity index (χ0n) is 16.2. The molecule has 2 amide bonds. The van der Waals surface area contributed by atoms with Crippen molar-refractivity contribution in [2.75, 3.05) is 11.4 Å². The number of rotatable bonds is 4. The van der Waals surface area contributed by atoms with E-state index in [2.05, 4.69) is 10.3 Å². The molecule has 1 N–H and O–H groups in total. The van der Waals surface area contributed by atoms with Crippen LogP contribution in [0, 0.1) is 11.8 Å². The van der Waals surface area contributed by atoms with E-state index in [0.717, 1.165) is 12.1 Å². The van der Waals surface area contributed by atoms with Gasteiger partial charge in [0.05, 0.1) is 42.3 Å². The highest BCUT2D eigenvalue weighted by atomic mass is 19.4. The molecule has 2 bridgehead atoms. The second kappa shape index (κ2) is 6.91. The molecule has 0 aliphatic carbocycles. The van der Waals surface area contributed by atoms with Crippen molar-refractivity contribution in [2.45, 2.75) is 24.4 Å². The van der Waals surface area contributed by atoms with Crippen molar-refractivity contribution in [1.82, 2.24) is 10.3 Å². The second-order valence-electron chi connectivity index (χ2n) is 7.91. The van der Waals surface area contributed by atoms with Gasteiger partial charge >= 0.3 is 6.18 Å². The Balaban J connectivity index is 1.39. The van der Waals surface area contributed by atoms with E-state index in [9.17, 15) is 22.8 Å². The summed E-state index contributed by atoms with van der Waals surface area (Å²) in [5.41, 5.74) is -1.04. The number of anilines is 1. The molecule has 1 aromatic heterocycles. The van der Waals surface area contributed by atoms with E-state index >= 15 is 0 Å². The van der Waals surface area contributed by atoms with E-state index in [-0.39, 0.29) is 24.7 Å². The molecule has 2 saturated heterocycles. The Morgan fingerprint density at radius 3 is 2.84 bits per heavy atom. The molecular weight excluding hydrogens is 411 g/mol. The van der Waals surface area contributed by atoms with Gasteiger partial charge in [0.25, 0.3) is 0 Å². The van der Waals surface area contributed by atoms with E-state index in [1.54, 1.807) is 36.5 Å². The predicted octanol–water partition coefficient (Wildman–Crippen LogP) is 2.70. The lowest BCUT2D eigenvalue weighted by atomic mass is 9.77. The lowest BCUT2D eigenvalue weighted by Gasteiger charge is -2.23. The number of hydrogen-bond acceptors (Lipinski definition) is 4. The van der Waals surface area contributed by atoms with Crippen LogP contribution >= 0.6 is 0 Å². The molecule has 4 heterocycles. The fourth-order valence-electron chi connectivity index (χ4n) is 4.66. The van der Waals surface area contributed by atoms with Crippen LogP contribution in [0.2, 0.25) is 0 Å². The summed E-state index contributed by atoms with van der Waals surface area (Å²) >= 11 is 0. The number of halogens is 3. The molecule has 3 aliphatic rings. The van der Waals surface area contributed by atoms with Gasteiger partial charge in [0.15, 0.2) is 0 Å². The Bertz CT molecular complexity index is 1070. The summed E-state index contributed by atoms with van der Waals surface area (Å²) in [7, 11) is 0. The van der Waals surface area contributed by atoms with Crippen molar-refractivity contribution in [3.63, 3.8) is 0 Å². The molecule has 2 unspecified atom stereocenters. The molecule has 0 radical (unpaired) electrons. The summed E-state index contributed by atoms with van der Waals surface area (Å²) in [4.78, 5) is 31.7. The summed E-state index contributed by atoms with van der Waals surface area (Å²) in [6, 6.07) is 9.97. The van der Waals surface area contributed by atoms with Crippen molar-refractivity contribution in [3.05, 3.63) is 72.1 Å². The summed E-state index contributed by atoms with van der Waals surface area (Å²) < 4.78 is 45.4. The largest absolute Gasteiger partial charge is 0.416 e.